The summed E-state index contributed by atoms with van der Waals surface area (Å²) in [6.45, 7) is 4.76. The molecule has 8 heteroatoms. The number of aromatic nitrogens is 3. The average Bonchev–Trinajstić information content (AvgIpc) is 2.92. The Balaban J connectivity index is 2.20. The van der Waals surface area contributed by atoms with E-state index in [9.17, 15) is 8.42 Å². The van der Waals surface area contributed by atoms with Gasteiger partial charge in [0.2, 0.25) is 4.96 Å². The molecule has 1 aliphatic heterocycles. The standard InChI is InChI=1S/C10H14N4O2S2/c1-7-9(14-10(11-7)17-8(2)12-14)18(15,16)13-5-3-4-6-13/h3-6H2,1-2H3. The van der Waals surface area contributed by atoms with Crippen molar-refractivity contribution in [2.45, 2.75) is 31.7 Å². The van der Waals surface area contributed by atoms with Gasteiger partial charge in [0.1, 0.15) is 5.01 Å². The van der Waals surface area contributed by atoms with Gasteiger partial charge in [0.15, 0.2) is 5.03 Å². The number of nitrogens with zero attached hydrogens (tertiary/aromatic N) is 4. The molecular weight excluding hydrogens is 272 g/mol. The van der Waals surface area contributed by atoms with Crippen molar-refractivity contribution in [3.63, 3.8) is 0 Å². The highest BCUT2D eigenvalue weighted by atomic mass is 32.2. The van der Waals surface area contributed by atoms with Gasteiger partial charge in [0, 0.05) is 13.1 Å². The Morgan fingerprint density at radius 2 is 1.89 bits per heavy atom. The van der Waals surface area contributed by atoms with Gasteiger partial charge in [-0.05, 0) is 26.7 Å². The van der Waals surface area contributed by atoms with Crippen molar-refractivity contribution in [2.75, 3.05) is 13.1 Å². The Hall–Kier alpha value is -0.990. The molecule has 2 aromatic rings. The minimum Gasteiger partial charge on any atom is -0.221 e. The fourth-order valence-corrected chi connectivity index (χ4v) is 4.87. The van der Waals surface area contributed by atoms with Crippen LogP contribution >= 0.6 is 11.3 Å². The van der Waals surface area contributed by atoms with Gasteiger partial charge in [0.25, 0.3) is 10.0 Å². The lowest BCUT2D eigenvalue weighted by Crippen LogP contribution is -2.29. The molecule has 0 spiro atoms. The van der Waals surface area contributed by atoms with E-state index in [1.807, 2.05) is 6.92 Å². The summed E-state index contributed by atoms with van der Waals surface area (Å²) in [5.41, 5.74) is 0.528. The van der Waals surface area contributed by atoms with Gasteiger partial charge in [-0.25, -0.2) is 13.4 Å². The number of imidazole rings is 1. The van der Waals surface area contributed by atoms with Crippen LogP contribution in [0.5, 0.6) is 0 Å². The van der Waals surface area contributed by atoms with Crippen LogP contribution in [0.1, 0.15) is 23.5 Å². The van der Waals surface area contributed by atoms with Crippen molar-refractivity contribution in [2.24, 2.45) is 0 Å². The zero-order valence-electron chi connectivity index (χ0n) is 10.3. The van der Waals surface area contributed by atoms with Crippen LogP contribution in [-0.4, -0.2) is 40.4 Å². The lowest BCUT2D eigenvalue weighted by molar-refractivity contribution is 0.471. The van der Waals surface area contributed by atoms with Crippen molar-refractivity contribution in [1.82, 2.24) is 18.9 Å². The highest BCUT2D eigenvalue weighted by molar-refractivity contribution is 7.89. The van der Waals surface area contributed by atoms with Crippen LogP contribution in [0.4, 0.5) is 0 Å². The Bertz CT molecular complexity index is 695. The summed E-state index contributed by atoms with van der Waals surface area (Å²) in [6.07, 6.45) is 1.85. The van der Waals surface area contributed by atoms with E-state index >= 15 is 0 Å². The fraction of sp³-hybridized carbons (Fsp3) is 0.600. The van der Waals surface area contributed by atoms with Crippen molar-refractivity contribution in [1.29, 1.82) is 0 Å². The molecule has 0 aromatic carbocycles. The van der Waals surface area contributed by atoms with E-state index in [1.54, 1.807) is 6.92 Å². The molecule has 98 valence electrons. The van der Waals surface area contributed by atoms with E-state index < -0.39 is 10.0 Å². The van der Waals surface area contributed by atoms with Gasteiger partial charge in [-0.3, -0.25) is 0 Å². The first-order valence-corrected chi connectivity index (χ1v) is 8.09. The second-order valence-electron chi connectivity index (χ2n) is 4.43. The van der Waals surface area contributed by atoms with Gasteiger partial charge in [-0.2, -0.15) is 13.9 Å². The first kappa shape index (κ1) is 12.1. The lowest BCUT2D eigenvalue weighted by atomic mass is 10.4. The predicted octanol–water partition coefficient (Wildman–Crippen LogP) is 1.19. The van der Waals surface area contributed by atoms with E-state index in [1.165, 1.54) is 20.2 Å². The fourth-order valence-electron chi connectivity index (χ4n) is 2.27. The lowest BCUT2D eigenvalue weighted by Gasteiger charge is -2.14. The minimum absolute atomic E-state index is 0.226. The molecule has 3 heterocycles. The summed E-state index contributed by atoms with van der Waals surface area (Å²) >= 11 is 1.40. The van der Waals surface area contributed by atoms with Gasteiger partial charge < -0.3 is 0 Å². The predicted molar refractivity (Wildman–Crippen MR) is 68.3 cm³/mol. The second kappa shape index (κ2) is 4.01. The number of aryl methyl sites for hydroxylation is 2. The van der Waals surface area contributed by atoms with Gasteiger partial charge in [-0.1, -0.05) is 11.3 Å². The Kier molecular flexibility index (Phi) is 2.68. The maximum atomic E-state index is 12.6. The SMILES string of the molecule is Cc1nn2c(S(=O)(=O)N3CCCC3)c(C)nc2s1. The summed E-state index contributed by atoms with van der Waals surface area (Å²) in [6, 6.07) is 0. The molecule has 6 nitrogen and oxygen atoms in total. The smallest absolute Gasteiger partial charge is 0.221 e. The first-order valence-electron chi connectivity index (χ1n) is 5.83. The molecular formula is C10H14N4O2S2. The van der Waals surface area contributed by atoms with Gasteiger partial charge in [-0.15, -0.1) is 0 Å². The van der Waals surface area contributed by atoms with Crippen LogP contribution in [0, 0.1) is 13.8 Å². The quantitative estimate of drug-likeness (QED) is 0.831. The molecule has 1 fully saturated rings. The van der Waals surface area contributed by atoms with E-state index in [4.69, 9.17) is 0 Å². The summed E-state index contributed by atoms with van der Waals surface area (Å²) in [5.74, 6) is 0. The Labute approximate surface area is 109 Å². The largest absolute Gasteiger partial charge is 0.262 e. The number of sulfonamides is 1. The summed E-state index contributed by atoms with van der Waals surface area (Å²) in [7, 11) is -3.46. The van der Waals surface area contributed by atoms with Crippen LogP contribution in [0.3, 0.4) is 0 Å². The molecule has 3 rings (SSSR count). The average molecular weight is 286 g/mol. The molecule has 0 bridgehead atoms. The third kappa shape index (κ3) is 1.67. The van der Waals surface area contributed by atoms with Crippen LogP contribution in [0.15, 0.2) is 5.03 Å². The van der Waals surface area contributed by atoms with Crippen molar-refractivity contribution >= 4 is 26.3 Å². The van der Waals surface area contributed by atoms with E-state index in [2.05, 4.69) is 10.1 Å². The van der Waals surface area contributed by atoms with E-state index in [-0.39, 0.29) is 5.03 Å². The number of hydrogen-bond donors (Lipinski definition) is 0. The number of rotatable bonds is 2. The van der Waals surface area contributed by atoms with Crippen LogP contribution in [0.2, 0.25) is 0 Å². The van der Waals surface area contributed by atoms with E-state index in [0.29, 0.717) is 23.7 Å². The molecule has 1 saturated heterocycles. The van der Waals surface area contributed by atoms with Crippen molar-refractivity contribution in [3.8, 4) is 0 Å². The summed E-state index contributed by atoms with van der Waals surface area (Å²) < 4.78 is 28.1. The molecule has 0 atom stereocenters. The molecule has 0 N–H and O–H groups in total. The van der Waals surface area contributed by atoms with Crippen LogP contribution in [0.25, 0.3) is 4.96 Å². The Morgan fingerprint density at radius 1 is 1.22 bits per heavy atom. The first-order chi connectivity index (χ1) is 8.50. The highest BCUT2D eigenvalue weighted by Crippen LogP contribution is 2.26. The molecule has 0 saturated carbocycles. The Morgan fingerprint density at radius 3 is 2.56 bits per heavy atom. The molecule has 18 heavy (non-hydrogen) atoms. The zero-order chi connectivity index (χ0) is 12.9. The monoisotopic (exact) mass is 286 g/mol. The molecule has 2 aromatic heterocycles. The minimum atomic E-state index is -3.46. The zero-order valence-corrected chi connectivity index (χ0v) is 11.9. The normalized spacial score (nSPS) is 17.9. The number of hydrogen-bond acceptors (Lipinski definition) is 5. The topological polar surface area (TPSA) is 67.6 Å². The molecule has 0 aliphatic carbocycles. The van der Waals surface area contributed by atoms with Crippen molar-refractivity contribution < 1.29 is 8.42 Å². The molecule has 0 unspecified atom stereocenters. The van der Waals surface area contributed by atoms with Crippen molar-refractivity contribution in [3.05, 3.63) is 10.7 Å². The third-order valence-electron chi connectivity index (χ3n) is 3.08. The maximum absolute atomic E-state index is 12.6. The van der Waals surface area contributed by atoms with Gasteiger partial charge in [0.05, 0.1) is 5.69 Å². The van der Waals surface area contributed by atoms with Crippen LogP contribution in [-0.2, 0) is 10.0 Å². The van der Waals surface area contributed by atoms with Gasteiger partial charge >= 0.3 is 0 Å². The summed E-state index contributed by atoms with van der Waals surface area (Å²) in [5, 5.41) is 5.28. The maximum Gasteiger partial charge on any atom is 0.262 e. The second-order valence-corrected chi connectivity index (χ2v) is 7.44. The van der Waals surface area contributed by atoms with E-state index in [0.717, 1.165) is 17.8 Å². The highest BCUT2D eigenvalue weighted by Gasteiger charge is 2.33. The molecule has 1 aliphatic rings. The number of fused-ring (bicyclic) bond motifs is 1. The molecule has 0 radical (unpaired) electrons. The molecule has 0 amide bonds. The third-order valence-corrected chi connectivity index (χ3v) is 5.90. The summed E-state index contributed by atoms with van der Waals surface area (Å²) in [4.78, 5) is 4.93. The van der Waals surface area contributed by atoms with Crippen LogP contribution < -0.4 is 0 Å².